The SMILES string of the molecule is Cn1ncnc1SCC(N)C1CCCC1. The summed E-state index contributed by atoms with van der Waals surface area (Å²) in [5, 5.41) is 5.00. The number of hydrogen-bond donors (Lipinski definition) is 1. The lowest BCUT2D eigenvalue weighted by Crippen LogP contribution is -2.30. The molecule has 1 aromatic heterocycles. The van der Waals surface area contributed by atoms with E-state index in [2.05, 4.69) is 10.1 Å². The third kappa shape index (κ3) is 2.72. The lowest BCUT2D eigenvalue weighted by molar-refractivity contribution is 0.463. The molecule has 1 atom stereocenters. The van der Waals surface area contributed by atoms with Crippen LogP contribution in [-0.4, -0.2) is 26.6 Å². The molecule has 0 radical (unpaired) electrons. The van der Waals surface area contributed by atoms with E-state index in [1.165, 1.54) is 25.7 Å². The van der Waals surface area contributed by atoms with E-state index in [1.54, 1.807) is 22.8 Å². The van der Waals surface area contributed by atoms with Gasteiger partial charge < -0.3 is 5.73 Å². The number of nitrogens with two attached hydrogens (primary N) is 1. The molecule has 1 aliphatic carbocycles. The fourth-order valence-corrected chi connectivity index (χ4v) is 3.08. The second-order valence-corrected chi connectivity index (χ2v) is 5.17. The summed E-state index contributed by atoms with van der Waals surface area (Å²) in [5.74, 6) is 1.68. The zero-order chi connectivity index (χ0) is 10.7. The van der Waals surface area contributed by atoms with Gasteiger partial charge in [-0.2, -0.15) is 5.10 Å². The average Bonchev–Trinajstić information content (AvgIpc) is 2.85. The number of aryl methyl sites for hydroxylation is 1. The van der Waals surface area contributed by atoms with Gasteiger partial charge in [-0.25, -0.2) is 9.67 Å². The zero-order valence-electron chi connectivity index (χ0n) is 9.09. The van der Waals surface area contributed by atoms with Crippen molar-refractivity contribution in [3.63, 3.8) is 0 Å². The minimum Gasteiger partial charge on any atom is -0.327 e. The van der Waals surface area contributed by atoms with Crippen LogP contribution < -0.4 is 5.73 Å². The lowest BCUT2D eigenvalue weighted by atomic mass is 10.0. The van der Waals surface area contributed by atoms with Crippen LogP contribution in [0.2, 0.25) is 0 Å². The Morgan fingerprint density at radius 2 is 2.33 bits per heavy atom. The van der Waals surface area contributed by atoms with Crippen molar-refractivity contribution in [1.82, 2.24) is 14.8 Å². The first-order valence-electron chi connectivity index (χ1n) is 5.50. The third-order valence-corrected chi connectivity index (χ3v) is 4.26. The van der Waals surface area contributed by atoms with Crippen LogP contribution in [0.3, 0.4) is 0 Å². The molecule has 2 N–H and O–H groups in total. The summed E-state index contributed by atoms with van der Waals surface area (Å²) < 4.78 is 1.80. The maximum absolute atomic E-state index is 6.17. The molecule has 0 aliphatic heterocycles. The molecule has 0 spiro atoms. The van der Waals surface area contributed by atoms with E-state index >= 15 is 0 Å². The van der Waals surface area contributed by atoms with Gasteiger partial charge in [0.2, 0.25) is 0 Å². The van der Waals surface area contributed by atoms with E-state index in [-0.39, 0.29) is 0 Å². The average molecular weight is 226 g/mol. The molecule has 1 heterocycles. The molecule has 0 amide bonds. The molecule has 5 heteroatoms. The van der Waals surface area contributed by atoms with E-state index < -0.39 is 0 Å². The summed E-state index contributed by atoms with van der Waals surface area (Å²) in [6, 6.07) is 0.314. The quantitative estimate of drug-likeness (QED) is 0.789. The summed E-state index contributed by atoms with van der Waals surface area (Å²) in [5.41, 5.74) is 6.17. The van der Waals surface area contributed by atoms with Crippen molar-refractivity contribution in [3.8, 4) is 0 Å². The van der Waals surface area contributed by atoms with Crippen LogP contribution in [0, 0.1) is 5.92 Å². The highest BCUT2D eigenvalue weighted by Crippen LogP contribution is 2.29. The lowest BCUT2D eigenvalue weighted by Gasteiger charge is -2.17. The van der Waals surface area contributed by atoms with Crippen molar-refractivity contribution in [3.05, 3.63) is 6.33 Å². The zero-order valence-corrected chi connectivity index (χ0v) is 9.91. The first-order valence-corrected chi connectivity index (χ1v) is 6.48. The van der Waals surface area contributed by atoms with Gasteiger partial charge in [0.05, 0.1) is 0 Å². The molecule has 0 bridgehead atoms. The molecule has 2 rings (SSSR count). The Morgan fingerprint density at radius 3 is 2.93 bits per heavy atom. The van der Waals surface area contributed by atoms with E-state index in [0.717, 1.165) is 16.8 Å². The van der Waals surface area contributed by atoms with Gasteiger partial charge in [-0.3, -0.25) is 0 Å². The normalized spacial score (nSPS) is 19.6. The van der Waals surface area contributed by atoms with Crippen molar-refractivity contribution >= 4 is 11.8 Å². The highest BCUT2D eigenvalue weighted by Gasteiger charge is 2.22. The Kier molecular flexibility index (Phi) is 3.64. The number of hydrogen-bond acceptors (Lipinski definition) is 4. The van der Waals surface area contributed by atoms with Crippen molar-refractivity contribution in [2.45, 2.75) is 36.9 Å². The minimum absolute atomic E-state index is 0.314. The molecule has 0 aromatic carbocycles. The van der Waals surface area contributed by atoms with Crippen LogP contribution in [-0.2, 0) is 7.05 Å². The van der Waals surface area contributed by atoms with Crippen LogP contribution in [0.1, 0.15) is 25.7 Å². The van der Waals surface area contributed by atoms with Gasteiger partial charge in [0.1, 0.15) is 6.33 Å². The van der Waals surface area contributed by atoms with Gasteiger partial charge >= 0.3 is 0 Å². The van der Waals surface area contributed by atoms with Gasteiger partial charge in [-0.1, -0.05) is 24.6 Å². The fraction of sp³-hybridized carbons (Fsp3) is 0.800. The van der Waals surface area contributed by atoms with Gasteiger partial charge in [0.25, 0.3) is 0 Å². The number of nitrogens with zero attached hydrogens (tertiary/aromatic N) is 3. The van der Waals surface area contributed by atoms with Crippen molar-refractivity contribution in [1.29, 1.82) is 0 Å². The third-order valence-electron chi connectivity index (χ3n) is 3.08. The highest BCUT2D eigenvalue weighted by atomic mass is 32.2. The monoisotopic (exact) mass is 226 g/mol. The molecule has 15 heavy (non-hydrogen) atoms. The fourth-order valence-electron chi connectivity index (χ4n) is 2.11. The number of thioether (sulfide) groups is 1. The molecule has 1 aromatic rings. The first-order chi connectivity index (χ1) is 7.27. The summed E-state index contributed by atoms with van der Waals surface area (Å²) >= 11 is 1.71. The van der Waals surface area contributed by atoms with Crippen molar-refractivity contribution in [2.24, 2.45) is 18.7 Å². The Bertz CT molecular complexity index is 306. The van der Waals surface area contributed by atoms with Crippen LogP contribution in [0.5, 0.6) is 0 Å². The summed E-state index contributed by atoms with van der Waals surface area (Å²) in [7, 11) is 1.91. The van der Waals surface area contributed by atoms with Crippen LogP contribution in [0.15, 0.2) is 11.5 Å². The van der Waals surface area contributed by atoms with Crippen LogP contribution in [0.4, 0.5) is 0 Å². The Morgan fingerprint density at radius 1 is 1.60 bits per heavy atom. The molecule has 1 aliphatic rings. The molecule has 0 saturated heterocycles. The second-order valence-electron chi connectivity index (χ2n) is 4.19. The maximum Gasteiger partial charge on any atom is 0.185 e. The molecule has 84 valence electrons. The predicted molar refractivity (Wildman–Crippen MR) is 61.7 cm³/mol. The molecular formula is C10H18N4S. The summed E-state index contributed by atoms with van der Waals surface area (Å²) in [6.07, 6.45) is 6.91. The van der Waals surface area contributed by atoms with E-state index in [9.17, 15) is 0 Å². The van der Waals surface area contributed by atoms with E-state index in [4.69, 9.17) is 5.73 Å². The molecule has 1 saturated carbocycles. The highest BCUT2D eigenvalue weighted by molar-refractivity contribution is 7.99. The van der Waals surface area contributed by atoms with Gasteiger partial charge in [0, 0.05) is 18.8 Å². The standard InChI is InChI=1S/C10H18N4S/c1-14-10(12-7-13-14)15-6-9(11)8-4-2-3-5-8/h7-9H,2-6,11H2,1H3. The molecular weight excluding hydrogens is 208 g/mol. The van der Waals surface area contributed by atoms with Gasteiger partial charge in [-0.15, -0.1) is 0 Å². The smallest absolute Gasteiger partial charge is 0.185 e. The predicted octanol–water partition coefficient (Wildman–Crippen LogP) is 1.42. The Labute approximate surface area is 94.6 Å². The molecule has 1 fully saturated rings. The Balaban J connectivity index is 1.80. The van der Waals surface area contributed by atoms with Gasteiger partial charge in [-0.05, 0) is 18.8 Å². The topological polar surface area (TPSA) is 56.7 Å². The largest absolute Gasteiger partial charge is 0.327 e. The first kappa shape index (κ1) is 11.0. The molecule has 4 nitrogen and oxygen atoms in total. The van der Waals surface area contributed by atoms with Crippen LogP contribution in [0.25, 0.3) is 0 Å². The molecule has 1 unspecified atom stereocenters. The minimum atomic E-state index is 0.314. The summed E-state index contributed by atoms with van der Waals surface area (Å²) in [4.78, 5) is 4.17. The number of aromatic nitrogens is 3. The van der Waals surface area contributed by atoms with E-state index in [0.29, 0.717) is 6.04 Å². The number of rotatable bonds is 4. The Hall–Kier alpha value is -0.550. The van der Waals surface area contributed by atoms with Gasteiger partial charge in [0.15, 0.2) is 5.16 Å². The van der Waals surface area contributed by atoms with E-state index in [1.807, 2.05) is 7.05 Å². The second kappa shape index (κ2) is 4.99. The summed E-state index contributed by atoms with van der Waals surface area (Å²) in [6.45, 7) is 0. The van der Waals surface area contributed by atoms with Crippen molar-refractivity contribution < 1.29 is 0 Å². The van der Waals surface area contributed by atoms with Crippen LogP contribution >= 0.6 is 11.8 Å². The van der Waals surface area contributed by atoms with Crippen molar-refractivity contribution in [2.75, 3.05) is 5.75 Å². The maximum atomic E-state index is 6.17.